The minimum atomic E-state index is -0.0139. The predicted octanol–water partition coefficient (Wildman–Crippen LogP) is 0.931. The number of hydrogen-bond acceptors (Lipinski definition) is 1. The molecule has 0 aliphatic carbocycles. The number of hydrogen-bond donors (Lipinski definition) is 1. The predicted molar refractivity (Wildman–Crippen MR) is 29.1 cm³/mol. The zero-order valence-electron chi connectivity index (χ0n) is 4.86. The molecule has 0 bridgehead atoms. The summed E-state index contributed by atoms with van der Waals surface area (Å²) in [5.74, 6) is 0. The molecular formula is C4H12NOU. The Morgan fingerprint density at radius 2 is 1.43 bits per heavy atom. The average Bonchev–Trinajstić information content (AvgIpc) is 1.37. The molecule has 0 atom stereocenters. The molecule has 43 valence electrons. The first kappa shape index (κ1) is 24.6. The van der Waals surface area contributed by atoms with E-state index >= 15 is 0 Å². The van der Waals surface area contributed by atoms with Crippen molar-refractivity contribution in [2.75, 3.05) is 13.2 Å². The van der Waals surface area contributed by atoms with Gasteiger partial charge in [0.25, 0.3) is 0 Å². The molecule has 0 aromatic heterocycles. The molecule has 2 nitrogen and oxygen atoms in total. The molecule has 0 aromatic rings. The molecule has 0 saturated heterocycles. The van der Waals surface area contributed by atoms with E-state index in [0.717, 1.165) is 0 Å². The maximum Gasteiger partial charge on any atom is 3.00 e. The minimum Gasteiger partial charge on any atom is -0.676 e. The van der Waals surface area contributed by atoms with Gasteiger partial charge in [-0.25, -0.2) is 0 Å². The van der Waals surface area contributed by atoms with E-state index in [0.29, 0.717) is 0 Å². The third kappa shape index (κ3) is 44.3. The summed E-state index contributed by atoms with van der Waals surface area (Å²) in [6.07, 6.45) is 0. The second kappa shape index (κ2) is 28.2. The largest absolute Gasteiger partial charge is 3.00 e. The van der Waals surface area contributed by atoms with E-state index in [4.69, 9.17) is 10.8 Å². The Morgan fingerprint density at radius 1 is 1.29 bits per heavy atom. The van der Waals surface area contributed by atoms with Crippen LogP contribution in [0.4, 0.5) is 0 Å². The van der Waals surface area contributed by atoms with Gasteiger partial charge in [0.2, 0.25) is 0 Å². The van der Waals surface area contributed by atoms with Crippen LogP contribution in [0.5, 0.6) is 0 Å². The molecule has 0 aliphatic heterocycles. The summed E-state index contributed by atoms with van der Waals surface area (Å²) in [7, 11) is 0. The van der Waals surface area contributed by atoms with Crippen LogP contribution in [0.1, 0.15) is 0 Å². The molecule has 0 rings (SSSR count). The summed E-state index contributed by atoms with van der Waals surface area (Å²) in [5.41, 5.74) is 6.20. The summed E-state index contributed by atoms with van der Waals surface area (Å²) in [6, 6.07) is 0. The van der Waals surface area contributed by atoms with Gasteiger partial charge in [-0.2, -0.15) is 0 Å². The van der Waals surface area contributed by atoms with Crippen LogP contribution in [0.25, 0.3) is 5.73 Å². The smallest absolute Gasteiger partial charge is 0.676 e. The summed E-state index contributed by atoms with van der Waals surface area (Å²) in [6.45, 7) is 0.111. The van der Waals surface area contributed by atoms with Gasteiger partial charge in [0.15, 0.2) is 0 Å². The summed E-state index contributed by atoms with van der Waals surface area (Å²) in [5, 5.41) is 7.69. The molecule has 0 aromatic carbocycles. The SMILES string of the molecule is [CH3-].[CH3-].[NH-]CCO.[U+3]. The molecule has 0 fully saturated rings. The number of nitrogens with one attached hydrogen (secondary N) is 1. The van der Waals surface area contributed by atoms with Crippen LogP contribution in [-0.2, 0) is 0 Å². The fraction of sp³-hybridized carbons (Fsp3) is 0.500. The molecule has 0 heterocycles. The molecule has 0 unspecified atom stereocenters. The van der Waals surface area contributed by atoms with Gasteiger partial charge in [0, 0.05) is 6.61 Å². The van der Waals surface area contributed by atoms with Crippen LogP contribution in [0.3, 0.4) is 0 Å². The topological polar surface area (TPSA) is 44.0 Å². The fourth-order valence-corrected chi connectivity index (χ4v) is 0. The quantitative estimate of drug-likeness (QED) is 0.715. The van der Waals surface area contributed by atoms with E-state index in [9.17, 15) is 0 Å². The number of rotatable bonds is 1. The summed E-state index contributed by atoms with van der Waals surface area (Å²) < 4.78 is 0. The van der Waals surface area contributed by atoms with Crippen molar-refractivity contribution in [2.45, 2.75) is 0 Å². The van der Waals surface area contributed by atoms with E-state index in [1.54, 1.807) is 0 Å². The fourth-order valence-electron chi connectivity index (χ4n) is 0. The van der Waals surface area contributed by atoms with Crippen molar-refractivity contribution in [3.63, 3.8) is 0 Å². The second-order valence-electron chi connectivity index (χ2n) is 0.474. The Balaban J connectivity index is -0.0000000150. The van der Waals surface area contributed by atoms with Crippen LogP contribution < -0.4 is 0 Å². The first-order chi connectivity index (χ1) is 1.91. The number of aliphatic hydroxyl groups excluding tert-OH is 1. The van der Waals surface area contributed by atoms with Crippen molar-refractivity contribution in [3.8, 4) is 0 Å². The van der Waals surface area contributed by atoms with Crippen molar-refractivity contribution in [3.05, 3.63) is 20.6 Å². The van der Waals surface area contributed by atoms with E-state index < -0.39 is 0 Å². The molecule has 0 spiro atoms. The Kier molecular flexibility index (Phi) is 98.8. The van der Waals surface area contributed by atoms with Gasteiger partial charge in [0.1, 0.15) is 0 Å². The monoisotopic (exact) mass is 328 g/mol. The van der Waals surface area contributed by atoms with E-state index in [1.165, 1.54) is 0 Å². The molecule has 0 amide bonds. The maximum absolute atomic E-state index is 7.69. The van der Waals surface area contributed by atoms with Crippen molar-refractivity contribution in [2.24, 2.45) is 0 Å². The minimum absolute atomic E-state index is 0. The Bertz CT molecular complexity index is 13.7. The van der Waals surface area contributed by atoms with Crippen molar-refractivity contribution in [1.82, 2.24) is 0 Å². The van der Waals surface area contributed by atoms with Crippen molar-refractivity contribution in [1.29, 1.82) is 0 Å². The van der Waals surface area contributed by atoms with E-state index in [2.05, 4.69) is 0 Å². The van der Waals surface area contributed by atoms with Crippen LogP contribution in [-0.4, -0.2) is 18.3 Å². The molecule has 7 heavy (non-hydrogen) atoms. The van der Waals surface area contributed by atoms with Gasteiger partial charge in [-0.1, -0.05) is 0 Å². The molecule has 3 heteroatoms. The van der Waals surface area contributed by atoms with Crippen molar-refractivity contribution >= 4 is 0 Å². The third-order valence-electron chi connectivity index (χ3n) is 0.112. The van der Waals surface area contributed by atoms with Crippen LogP contribution >= 0.6 is 0 Å². The maximum atomic E-state index is 7.69. The van der Waals surface area contributed by atoms with Gasteiger partial charge in [-0.05, 0) is 0 Å². The van der Waals surface area contributed by atoms with Gasteiger partial charge in [0.05, 0.1) is 0 Å². The average molecular weight is 328 g/mol. The zero-order chi connectivity index (χ0) is 3.41. The van der Waals surface area contributed by atoms with E-state index in [-0.39, 0.29) is 59.1 Å². The number of aliphatic hydroxyl groups is 1. The van der Waals surface area contributed by atoms with Gasteiger partial charge in [-0.15, -0.1) is 6.54 Å². The molecule has 1 radical (unpaired) electrons. The Morgan fingerprint density at radius 3 is 1.43 bits per heavy atom. The van der Waals surface area contributed by atoms with Crippen LogP contribution in [0.15, 0.2) is 0 Å². The zero-order valence-corrected chi connectivity index (χ0v) is 9.03. The Hall–Kier alpha value is 0.972. The normalized spacial score (nSPS) is 4.29. The standard InChI is InChI=1S/C2H6NO.2CH3.U/c3-1-2-4;;;/h3-4H,1-2H2;2*1H3;/q3*-1;+3. The van der Waals surface area contributed by atoms with Crippen LogP contribution in [0, 0.1) is 46.0 Å². The molecular weight excluding hydrogens is 316 g/mol. The first-order valence-corrected chi connectivity index (χ1v) is 1.17. The molecule has 0 aliphatic rings. The van der Waals surface area contributed by atoms with Gasteiger partial charge in [-0.3, -0.25) is 0 Å². The summed E-state index contributed by atoms with van der Waals surface area (Å²) >= 11 is 0. The third-order valence-corrected chi connectivity index (χ3v) is 0.112. The molecule has 0 saturated carbocycles. The van der Waals surface area contributed by atoms with Crippen molar-refractivity contribution < 1.29 is 36.2 Å². The van der Waals surface area contributed by atoms with E-state index in [1.807, 2.05) is 0 Å². The van der Waals surface area contributed by atoms with Crippen LogP contribution in [0.2, 0.25) is 0 Å². The second-order valence-corrected chi connectivity index (χ2v) is 0.474. The van der Waals surface area contributed by atoms with Gasteiger partial charge < -0.3 is 25.7 Å². The van der Waals surface area contributed by atoms with Gasteiger partial charge >= 0.3 is 31.1 Å². The summed E-state index contributed by atoms with van der Waals surface area (Å²) in [4.78, 5) is 0. The Labute approximate surface area is 69.9 Å². The first-order valence-electron chi connectivity index (χ1n) is 1.17. The molecule has 2 N–H and O–H groups in total.